The van der Waals surface area contributed by atoms with Crippen LogP contribution in [0.25, 0.3) is 0 Å². The maximum Gasteiger partial charge on any atom is 0.506 e. The van der Waals surface area contributed by atoms with Crippen molar-refractivity contribution in [2.45, 2.75) is 58.3 Å². The van der Waals surface area contributed by atoms with E-state index in [0.29, 0.717) is 23.2 Å². The maximum absolute atomic E-state index is 13.5. The number of aliphatic hydroxyl groups is 1. The molecule has 198 valence electrons. The molecule has 0 bridgehead atoms. The minimum absolute atomic E-state index is 0.0178. The molecule has 0 spiro atoms. The van der Waals surface area contributed by atoms with Crippen molar-refractivity contribution < 1.29 is 34.1 Å². The van der Waals surface area contributed by atoms with E-state index in [1.807, 2.05) is 32.9 Å². The molecule has 2 fully saturated rings. The first kappa shape index (κ1) is 25.5. The second-order valence-electron chi connectivity index (χ2n) is 11.7. The summed E-state index contributed by atoms with van der Waals surface area (Å²) in [6, 6.07) is 6.90. The second kappa shape index (κ2) is 8.18. The number of rotatable bonds is 4. The zero-order chi connectivity index (χ0) is 27.1. The standard InChI is InChI=1S/C29H35NO7/c1-14-11-18-19(13-15(2)22(18)31)28(35)16(3)24(36-25(32)17-9-7-8-10-21(17)30-6)29(37-26(33)34)23(20(28)12-14)27(29,4)5/h7-10,12-13,16,18-20,23-24,30,35H,11H2,1-6H3,(H,33,34)/t16-,18+,19-,20+,23-,24-,28+,29-/m1/s1. The number of nitrogens with one attached hydrogen (secondary N) is 1. The highest BCUT2D eigenvalue weighted by molar-refractivity contribution is 6.00. The number of ether oxygens (including phenoxy) is 2. The Labute approximate surface area is 216 Å². The zero-order valence-corrected chi connectivity index (χ0v) is 22.1. The molecule has 2 saturated carbocycles. The van der Waals surface area contributed by atoms with Crippen molar-refractivity contribution in [3.8, 4) is 0 Å². The molecule has 1 aromatic rings. The molecule has 0 unspecified atom stereocenters. The number of carbonyl (C=O) groups excluding carboxylic acids is 2. The molecule has 8 heteroatoms. The number of benzene rings is 1. The monoisotopic (exact) mass is 509 g/mol. The molecule has 4 aliphatic carbocycles. The molecule has 3 N–H and O–H groups in total. The van der Waals surface area contributed by atoms with Gasteiger partial charge in [0, 0.05) is 47.7 Å². The Morgan fingerprint density at radius 2 is 1.78 bits per heavy atom. The number of hydrogen-bond acceptors (Lipinski definition) is 7. The van der Waals surface area contributed by atoms with Crippen molar-refractivity contribution in [1.29, 1.82) is 0 Å². The van der Waals surface area contributed by atoms with Crippen molar-refractivity contribution in [2.75, 3.05) is 12.4 Å². The highest BCUT2D eigenvalue weighted by atomic mass is 16.7. The third-order valence-corrected chi connectivity index (χ3v) is 9.70. The summed E-state index contributed by atoms with van der Waals surface area (Å²) >= 11 is 0. The maximum atomic E-state index is 13.5. The first-order valence-electron chi connectivity index (χ1n) is 12.8. The zero-order valence-electron chi connectivity index (χ0n) is 22.1. The van der Waals surface area contributed by atoms with Crippen LogP contribution < -0.4 is 5.32 Å². The van der Waals surface area contributed by atoms with Crippen LogP contribution in [0.4, 0.5) is 10.5 Å². The first-order valence-corrected chi connectivity index (χ1v) is 12.8. The smallest absolute Gasteiger partial charge is 0.454 e. The number of fused-ring (bicyclic) bond motifs is 5. The fourth-order valence-electron chi connectivity index (χ4n) is 7.96. The third kappa shape index (κ3) is 3.27. The van der Waals surface area contributed by atoms with Crippen LogP contribution in [0.15, 0.2) is 47.6 Å². The first-order chi connectivity index (χ1) is 17.3. The van der Waals surface area contributed by atoms with Gasteiger partial charge in [-0.1, -0.05) is 50.6 Å². The molecule has 4 aliphatic rings. The van der Waals surface area contributed by atoms with E-state index < -0.39 is 64.4 Å². The minimum atomic E-state index is -1.45. The van der Waals surface area contributed by atoms with E-state index in [4.69, 9.17) is 9.47 Å². The van der Waals surface area contributed by atoms with Crippen LogP contribution in [0, 0.1) is 35.0 Å². The van der Waals surface area contributed by atoms with E-state index in [1.165, 1.54) is 0 Å². The molecule has 0 saturated heterocycles. The SMILES string of the molecule is CNc1ccccc1C(=O)O[C@@H]1[C@@H](C)[C@]2(O)[C@@H]3C=C(C)C(=O)[C@H]3CC(C)=C[C@H]2[C@@H]2C(C)(C)[C@]12OC(=O)O. The highest BCUT2D eigenvalue weighted by Gasteiger charge is 2.87. The van der Waals surface area contributed by atoms with Gasteiger partial charge in [0.05, 0.1) is 11.2 Å². The number of allylic oxidation sites excluding steroid dienone is 2. The topological polar surface area (TPSA) is 122 Å². The van der Waals surface area contributed by atoms with Crippen molar-refractivity contribution in [3.05, 3.63) is 53.1 Å². The number of carboxylic acid groups (broad SMARTS) is 1. The minimum Gasteiger partial charge on any atom is -0.454 e. The summed E-state index contributed by atoms with van der Waals surface area (Å²) in [6.45, 7) is 9.29. The predicted molar refractivity (Wildman–Crippen MR) is 136 cm³/mol. The average molecular weight is 510 g/mol. The van der Waals surface area contributed by atoms with Gasteiger partial charge in [0.1, 0.15) is 6.10 Å². The Balaban J connectivity index is 1.66. The Morgan fingerprint density at radius 3 is 2.43 bits per heavy atom. The molecule has 8 atom stereocenters. The second-order valence-corrected chi connectivity index (χ2v) is 11.7. The Hall–Kier alpha value is -3.13. The summed E-state index contributed by atoms with van der Waals surface area (Å²) in [5, 5.41) is 25.4. The molecule has 0 amide bonds. The van der Waals surface area contributed by atoms with Gasteiger partial charge in [-0.05, 0) is 38.0 Å². The van der Waals surface area contributed by atoms with Gasteiger partial charge in [-0.3, -0.25) is 4.79 Å². The van der Waals surface area contributed by atoms with E-state index in [0.717, 1.165) is 5.57 Å². The number of esters is 1. The van der Waals surface area contributed by atoms with E-state index in [-0.39, 0.29) is 5.78 Å². The summed E-state index contributed by atoms with van der Waals surface area (Å²) in [6.07, 6.45) is 1.85. The van der Waals surface area contributed by atoms with Gasteiger partial charge in [0.25, 0.3) is 0 Å². The van der Waals surface area contributed by atoms with Gasteiger partial charge >= 0.3 is 12.1 Å². The Bertz CT molecular complexity index is 1250. The van der Waals surface area contributed by atoms with E-state index in [2.05, 4.69) is 5.32 Å². The summed E-state index contributed by atoms with van der Waals surface area (Å²) in [4.78, 5) is 38.7. The van der Waals surface area contributed by atoms with Crippen molar-refractivity contribution >= 4 is 23.6 Å². The Morgan fingerprint density at radius 1 is 1.11 bits per heavy atom. The number of Topliss-reactive ketones (excluding diaryl/α,β-unsaturated/α-hetero) is 1. The average Bonchev–Trinajstić information content (AvgIpc) is 3.23. The molecule has 0 aromatic heterocycles. The lowest BCUT2D eigenvalue weighted by atomic mass is 9.60. The number of para-hydroxylation sites is 1. The molecule has 8 nitrogen and oxygen atoms in total. The number of hydrogen-bond donors (Lipinski definition) is 3. The number of ketones is 1. The van der Waals surface area contributed by atoms with Crippen LogP contribution in [-0.2, 0) is 14.3 Å². The molecule has 5 rings (SSSR count). The number of anilines is 1. The van der Waals surface area contributed by atoms with Crippen molar-refractivity contribution in [1.82, 2.24) is 0 Å². The lowest BCUT2D eigenvalue weighted by Crippen LogP contribution is -2.63. The molecule has 0 heterocycles. The van der Waals surface area contributed by atoms with Gasteiger partial charge in [-0.15, -0.1) is 0 Å². The molecule has 37 heavy (non-hydrogen) atoms. The van der Waals surface area contributed by atoms with E-state index in [1.54, 1.807) is 45.2 Å². The lowest BCUT2D eigenvalue weighted by molar-refractivity contribution is -0.195. The van der Waals surface area contributed by atoms with Crippen LogP contribution in [-0.4, -0.2) is 52.5 Å². The van der Waals surface area contributed by atoms with E-state index in [9.17, 15) is 24.6 Å². The van der Waals surface area contributed by atoms with Crippen LogP contribution in [0.2, 0.25) is 0 Å². The number of carbonyl (C=O) groups is 3. The van der Waals surface area contributed by atoms with Crippen LogP contribution in [0.1, 0.15) is 51.4 Å². The highest BCUT2D eigenvalue weighted by Crippen LogP contribution is 2.77. The van der Waals surface area contributed by atoms with Crippen molar-refractivity contribution in [3.63, 3.8) is 0 Å². The van der Waals surface area contributed by atoms with Gasteiger partial charge in [0.2, 0.25) is 0 Å². The lowest BCUT2D eigenvalue weighted by Gasteiger charge is -2.51. The fraction of sp³-hybridized carbons (Fsp3) is 0.552. The molecular formula is C29H35NO7. The van der Waals surface area contributed by atoms with E-state index >= 15 is 0 Å². The molecular weight excluding hydrogens is 474 g/mol. The van der Waals surface area contributed by atoms with Crippen LogP contribution in [0.3, 0.4) is 0 Å². The quantitative estimate of drug-likeness (QED) is 0.402. The van der Waals surface area contributed by atoms with Gasteiger partial charge in [-0.2, -0.15) is 0 Å². The van der Waals surface area contributed by atoms with Crippen molar-refractivity contribution in [2.24, 2.45) is 35.0 Å². The van der Waals surface area contributed by atoms with Gasteiger partial charge in [-0.25, -0.2) is 9.59 Å². The normalized spacial score (nSPS) is 39.2. The summed E-state index contributed by atoms with van der Waals surface area (Å²) in [7, 11) is 1.70. The third-order valence-electron chi connectivity index (χ3n) is 9.70. The van der Waals surface area contributed by atoms with Crippen LogP contribution in [0.5, 0.6) is 0 Å². The largest absolute Gasteiger partial charge is 0.506 e. The van der Waals surface area contributed by atoms with Gasteiger partial charge < -0.3 is 25.0 Å². The summed E-state index contributed by atoms with van der Waals surface area (Å²) in [5.74, 6) is -3.18. The summed E-state index contributed by atoms with van der Waals surface area (Å²) in [5.41, 5.74) is -1.07. The predicted octanol–water partition coefficient (Wildman–Crippen LogP) is 4.45. The summed E-state index contributed by atoms with van der Waals surface area (Å²) < 4.78 is 11.8. The molecule has 1 aromatic carbocycles. The fourth-order valence-corrected chi connectivity index (χ4v) is 7.96. The Kier molecular flexibility index (Phi) is 5.64. The van der Waals surface area contributed by atoms with Crippen LogP contribution >= 0.6 is 0 Å². The molecule has 0 aliphatic heterocycles. The molecule has 0 radical (unpaired) electrons. The van der Waals surface area contributed by atoms with Gasteiger partial charge in [0.15, 0.2) is 11.4 Å².